The van der Waals surface area contributed by atoms with Crippen LogP contribution in [0.1, 0.15) is 22.7 Å². The van der Waals surface area contributed by atoms with E-state index in [1.54, 1.807) is 18.1 Å². The van der Waals surface area contributed by atoms with Crippen LogP contribution >= 0.6 is 23.1 Å². The van der Waals surface area contributed by atoms with Crippen molar-refractivity contribution in [3.05, 3.63) is 34.3 Å². The molecule has 5 heteroatoms. The lowest BCUT2D eigenvalue weighted by Crippen LogP contribution is -2.06. The van der Waals surface area contributed by atoms with Gasteiger partial charge < -0.3 is 5.32 Å². The van der Waals surface area contributed by atoms with E-state index in [4.69, 9.17) is 0 Å². The first-order valence-corrected chi connectivity index (χ1v) is 7.42. The Hall–Kier alpha value is -1.07. The van der Waals surface area contributed by atoms with Crippen molar-refractivity contribution in [2.24, 2.45) is 0 Å². The molecule has 2 heterocycles. The second kappa shape index (κ2) is 5.51. The zero-order valence-corrected chi connectivity index (χ0v) is 11.7. The third kappa shape index (κ3) is 3.20. The van der Waals surface area contributed by atoms with Gasteiger partial charge in [-0.05, 0) is 32.2 Å². The van der Waals surface area contributed by atoms with E-state index in [0.717, 1.165) is 10.8 Å². The molecule has 3 nitrogen and oxygen atoms in total. The number of thioether (sulfide) groups is 1. The Bertz CT molecular complexity index is 496. The lowest BCUT2D eigenvalue weighted by atomic mass is 10.3. The van der Waals surface area contributed by atoms with Crippen molar-refractivity contribution in [3.63, 3.8) is 0 Å². The summed E-state index contributed by atoms with van der Waals surface area (Å²) < 4.78 is 0. The Kier molecular flexibility index (Phi) is 4.02. The van der Waals surface area contributed by atoms with Crippen LogP contribution in [-0.4, -0.2) is 16.2 Å². The minimum Gasteiger partial charge on any atom is -0.363 e. The summed E-state index contributed by atoms with van der Waals surface area (Å²) in [5.74, 6) is 0.878. The van der Waals surface area contributed by atoms with Crippen LogP contribution in [0.5, 0.6) is 0 Å². The van der Waals surface area contributed by atoms with Gasteiger partial charge in [-0.3, -0.25) is 0 Å². The summed E-state index contributed by atoms with van der Waals surface area (Å²) in [6.45, 7) is 4.27. The Balaban J connectivity index is 2.09. The molecular formula is C12H15N3S2. The normalized spacial score (nSPS) is 12.4. The molecule has 90 valence electrons. The van der Waals surface area contributed by atoms with Crippen molar-refractivity contribution in [2.75, 3.05) is 11.6 Å². The smallest absolute Gasteiger partial charge is 0.130 e. The molecule has 1 atom stereocenters. The van der Waals surface area contributed by atoms with Crippen LogP contribution in [0.3, 0.4) is 0 Å². The summed E-state index contributed by atoms with van der Waals surface area (Å²) in [6.07, 6.45) is 3.61. The van der Waals surface area contributed by atoms with Gasteiger partial charge in [-0.1, -0.05) is 0 Å². The maximum atomic E-state index is 4.23. The topological polar surface area (TPSA) is 37.8 Å². The quantitative estimate of drug-likeness (QED) is 0.675. The minimum atomic E-state index is 0.276. The minimum absolute atomic E-state index is 0.276. The predicted molar refractivity (Wildman–Crippen MR) is 74.9 cm³/mol. The number of aromatic nitrogens is 2. The summed E-state index contributed by atoms with van der Waals surface area (Å²) in [5.41, 5.74) is 0. The Labute approximate surface area is 110 Å². The van der Waals surface area contributed by atoms with E-state index in [2.05, 4.69) is 41.3 Å². The van der Waals surface area contributed by atoms with Crippen LogP contribution in [0.4, 0.5) is 5.82 Å². The van der Waals surface area contributed by atoms with Gasteiger partial charge in [0.25, 0.3) is 0 Å². The van der Waals surface area contributed by atoms with Gasteiger partial charge in [-0.2, -0.15) is 0 Å². The highest BCUT2D eigenvalue weighted by Crippen LogP contribution is 2.25. The van der Waals surface area contributed by atoms with E-state index in [1.807, 2.05) is 23.7 Å². The van der Waals surface area contributed by atoms with E-state index in [-0.39, 0.29) is 6.04 Å². The van der Waals surface area contributed by atoms with Crippen molar-refractivity contribution in [2.45, 2.75) is 24.9 Å². The molecule has 0 spiro atoms. The van der Waals surface area contributed by atoms with Gasteiger partial charge in [0.2, 0.25) is 0 Å². The van der Waals surface area contributed by atoms with Crippen LogP contribution in [0.2, 0.25) is 0 Å². The third-order valence-electron chi connectivity index (χ3n) is 2.40. The van der Waals surface area contributed by atoms with E-state index in [9.17, 15) is 0 Å². The van der Waals surface area contributed by atoms with E-state index in [0.29, 0.717) is 0 Å². The molecule has 1 N–H and O–H groups in total. The number of anilines is 1. The summed E-state index contributed by atoms with van der Waals surface area (Å²) in [7, 11) is 0. The molecule has 0 amide bonds. The first-order chi connectivity index (χ1) is 8.19. The highest BCUT2D eigenvalue weighted by molar-refractivity contribution is 7.98. The highest BCUT2D eigenvalue weighted by Gasteiger charge is 2.08. The molecule has 2 aromatic rings. The summed E-state index contributed by atoms with van der Waals surface area (Å²) in [5, 5.41) is 4.38. The molecule has 2 aromatic heterocycles. The molecule has 0 aliphatic rings. The lowest BCUT2D eigenvalue weighted by molar-refractivity contribution is 0.886. The number of hydrogen-bond acceptors (Lipinski definition) is 5. The Morgan fingerprint density at radius 2 is 2.18 bits per heavy atom. The van der Waals surface area contributed by atoms with Gasteiger partial charge in [-0.15, -0.1) is 23.1 Å². The number of nitrogens with one attached hydrogen (secondary N) is 1. The first kappa shape index (κ1) is 12.4. The zero-order chi connectivity index (χ0) is 12.3. The lowest BCUT2D eigenvalue weighted by Gasteiger charge is -2.12. The van der Waals surface area contributed by atoms with Gasteiger partial charge >= 0.3 is 0 Å². The van der Waals surface area contributed by atoms with Crippen LogP contribution in [0.25, 0.3) is 0 Å². The molecule has 0 saturated carbocycles. The fourth-order valence-electron chi connectivity index (χ4n) is 1.51. The maximum Gasteiger partial charge on any atom is 0.130 e. The molecular weight excluding hydrogens is 250 g/mol. The summed E-state index contributed by atoms with van der Waals surface area (Å²) >= 11 is 3.44. The largest absolute Gasteiger partial charge is 0.363 e. The van der Waals surface area contributed by atoms with E-state index in [1.165, 1.54) is 9.75 Å². The molecule has 0 aliphatic heterocycles. The van der Waals surface area contributed by atoms with Crippen molar-refractivity contribution in [1.29, 1.82) is 0 Å². The Morgan fingerprint density at radius 3 is 2.82 bits per heavy atom. The molecule has 0 aliphatic carbocycles. The van der Waals surface area contributed by atoms with Crippen molar-refractivity contribution in [3.8, 4) is 0 Å². The average Bonchev–Trinajstić information content (AvgIpc) is 2.76. The number of aryl methyl sites for hydroxylation is 1. The highest BCUT2D eigenvalue weighted by atomic mass is 32.2. The van der Waals surface area contributed by atoms with Crippen molar-refractivity contribution in [1.82, 2.24) is 9.97 Å². The predicted octanol–water partition coefficient (Wildman–Crippen LogP) is 3.74. The fraction of sp³-hybridized carbons (Fsp3) is 0.333. The van der Waals surface area contributed by atoms with Crippen LogP contribution in [0, 0.1) is 6.92 Å². The van der Waals surface area contributed by atoms with Gasteiger partial charge in [0.15, 0.2) is 0 Å². The molecule has 2 rings (SSSR count). The fourth-order valence-corrected chi connectivity index (χ4v) is 2.77. The molecule has 0 bridgehead atoms. The number of hydrogen-bond donors (Lipinski definition) is 1. The summed E-state index contributed by atoms with van der Waals surface area (Å²) in [6, 6.07) is 6.56. The standard InChI is InChI=1S/C12H15N3S2/c1-8-4-5-10(17-8)9(2)15-11-6-12(16-3)14-7-13-11/h4-7,9H,1-3H3,(H,13,14,15). The van der Waals surface area contributed by atoms with Crippen molar-refractivity contribution >= 4 is 28.9 Å². The molecule has 1 unspecified atom stereocenters. The number of nitrogens with zero attached hydrogens (tertiary/aromatic N) is 2. The SMILES string of the molecule is CSc1cc(NC(C)c2ccc(C)s2)ncn1. The van der Waals surface area contributed by atoms with Gasteiger partial charge in [0, 0.05) is 15.8 Å². The van der Waals surface area contributed by atoms with Gasteiger partial charge in [0.05, 0.1) is 6.04 Å². The third-order valence-corrected chi connectivity index (χ3v) is 4.23. The summed E-state index contributed by atoms with van der Waals surface area (Å²) in [4.78, 5) is 11.0. The van der Waals surface area contributed by atoms with E-state index >= 15 is 0 Å². The molecule has 0 saturated heterocycles. The van der Waals surface area contributed by atoms with E-state index < -0.39 is 0 Å². The number of rotatable bonds is 4. The second-order valence-electron chi connectivity index (χ2n) is 3.76. The van der Waals surface area contributed by atoms with Crippen LogP contribution < -0.4 is 5.32 Å². The van der Waals surface area contributed by atoms with Crippen LogP contribution in [0.15, 0.2) is 29.6 Å². The van der Waals surface area contributed by atoms with Crippen molar-refractivity contribution < 1.29 is 0 Å². The molecule has 0 fully saturated rings. The first-order valence-electron chi connectivity index (χ1n) is 5.38. The molecule has 0 radical (unpaired) electrons. The van der Waals surface area contributed by atoms with Gasteiger partial charge in [0.1, 0.15) is 17.2 Å². The van der Waals surface area contributed by atoms with Gasteiger partial charge in [-0.25, -0.2) is 9.97 Å². The monoisotopic (exact) mass is 265 g/mol. The number of thiophene rings is 1. The molecule has 0 aromatic carbocycles. The Morgan fingerprint density at radius 1 is 1.35 bits per heavy atom. The average molecular weight is 265 g/mol. The zero-order valence-electron chi connectivity index (χ0n) is 10.1. The second-order valence-corrected chi connectivity index (χ2v) is 5.91. The van der Waals surface area contributed by atoms with Crippen LogP contribution in [-0.2, 0) is 0 Å². The molecule has 17 heavy (non-hydrogen) atoms. The maximum absolute atomic E-state index is 4.23.